The van der Waals surface area contributed by atoms with Crippen molar-refractivity contribution in [3.8, 4) is 5.69 Å². The quantitative estimate of drug-likeness (QED) is 0.489. The number of hydrogen-bond donors (Lipinski definition) is 0. The average Bonchev–Trinajstić information content (AvgIpc) is 3.07. The highest BCUT2D eigenvalue weighted by atomic mass is 32.1. The molecule has 4 rings (SSSR count). The van der Waals surface area contributed by atoms with E-state index in [1.165, 1.54) is 18.4 Å². The third-order valence-electron chi connectivity index (χ3n) is 4.30. The van der Waals surface area contributed by atoms with Gasteiger partial charge in [0.25, 0.3) is 5.56 Å². The second-order valence-corrected chi connectivity index (χ2v) is 7.13. The van der Waals surface area contributed by atoms with Crippen molar-refractivity contribution in [1.82, 2.24) is 20.0 Å². The number of ether oxygens (including phenoxy) is 2. The van der Waals surface area contributed by atoms with Crippen LogP contribution in [0, 0.1) is 6.92 Å². The summed E-state index contributed by atoms with van der Waals surface area (Å²) in [6.45, 7) is 2.27. The average molecular weight is 396 g/mol. The Morgan fingerprint density at radius 1 is 1.25 bits per heavy atom. The highest BCUT2D eigenvalue weighted by molar-refractivity contribution is 7.25. The maximum absolute atomic E-state index is 13.2. The van der Waals surface area contributed by atoms with Crippen molar-refractivity contribution >= 4 is 37.7 Å². The van der Waals surface area contributed by atoms with E-state index in [-0.39, 0.29) is 11.1 Å². The smallest absolute Gasteiger partial charge is 0.340 e. The molecular weight excluding hydrogens is 380 g/mol. The summed E-state index contributed by atoms with van der Waals surface area (Å²) in [5.74, 6) is -0.555. The van der Waals surface area contributed by atoms with E-state index in [2.05, 4.69) is 15.3 Å². The first-order valence-corrected chi connectivity index (χ1v) is 9.22. The molecule has 0 N–H and O–H groups in total. The molecule has 4 aromatic rings. The lowest BCUT2D eigenvalue weighted by Crippen LogP contribution is -2.24. The van der Waals surface area contributed by atoms with Gasteiger partial charge in [-0.3, -0.25) is 4.79 Å². The maximum atomic E-state index is 13.2. The van der Waals surface area contributed by atoms with E-state index in [0.29, 0.717) is 27.3 Å². The number of pyridine rings is 1. The van der Waals surface area contributed by atoms with Crippen LogP contribution < -0.4 is 5.56 Å². The lowest BCUT2D eigenvalue weighted by molar-refractivity contribution is 0.0600. The monoisotopic (exact) mass is 396 g/mol. The zero-order chi connectivity index (χ0) is 19.8. The first kappa shape index (κ1) is 18.2. The predicted octanol–water partition coefficient (Wildman–Crippen LogP) is 2.63. The van der Waals surface area contributed by atoms with Gasteiger partial charge < -0.3 is 9.47 Å². The molecule has 0 radical (unpaired) electrons. The topological polar surface area (TPSA) is 96.2 Å². The number of aromatic nitrogens is 4. The molecule has 0 atom stereocenters. The van der Waals surface area contributed by atoms with Crippen LogP contribution in [0.15, 0.2) is 35.1 Å². The van der Waals surface area contributed by atoms with E-state index < -0.39 is 5.97 Å². The molecule has 0 amide bonds. The largest absolute Gasteiger partial charge is 0.465 e. The number of para-hydroxylation sites is 1. The lowest BCUT2D eigenvalue weighted by atomic mass is 10.1. The summed E-state index contributed by atoms with van der Waals surface area (Å²) in [5.41, 5.74) is 2.39. The molecule has 0 fully saturated rings. The summed E-state index contributed by atoms with van der Waals surface area (Å²) in [6, 6.07) is 8.52. The van der Waals surface area contributed by atoms with Crippen LogP contribution in [0.3, 0.4) is 0 Å². The molecule has 0 saturated carbocycles. The molecule has 3 heterocycles. The number of nitrogens with zero attached hydrogens (tertiary/aromatic N) is 4. The highest BCUT2D eigenvalue weighted by Crippen LogP contribution is 2.32. The molecule has 0 spiro atoms. The molecule has 3 aromatic heterocycles. The summed E-state index contributed by atoms with van der Waals surface area (Å²) in [4.78, 5) is 30.5. The molecule has 28 heavy (non-hydrogen) atoms. The predicted molar refractivity (Wildman–Crippen MR) is 105 cm³/mol. The third kappa shape index (κ3) is 2.85. The van der Waals surface area contributed by atoms with Crippen LogP contribution in [-0.2, 0) is 16.1 Å². The minimum absolute atomic E-state index is 0.232. The third-order valence-corrected chi connectivity index (χ3v) is 5.37. The van der Waals surface area contributed by atoms with E-state index in [9.17, 15) is 9.59 Å². The van der Waals surface area contributed by atoms with Gasteiger partial charge in [0.1, 0.15) is 15.0 Å². The number of thiophene rings is 1. The Hall–Kier alpha value is -3.17. The van der Waals surface area contributed by atoms with Crippen LogP contribution in [0.25, 0.3) is 26.1 Å². The Labute approximate surface area is 163 Å². The number of methoxy groups -OCH3 is 2. The van der Waals surface area contributed by atoms with Crippen molar-refractivity contribution in [2.45, 2.75) is 13.5 Å². The lowest BCUT2D eigenvalue weighted by Gasteiger charge is -2.08. The van der Waals surface area contributed by atoms with E-state index in [4.69, 9.17) is 9.47 Å². The van der Waals surface area contributed by atoms with E-state index in [1.807, 2.05) is 13.0 Å². The summed E-state index contributed by atoms with van der Waals surface area (Å²) in [6.07, 6.45) is 0. The minimum atomic E-state index is -0.555. The summed E-state index contributed by atoms with van der Waals surface area (Å²) in [5, 5.41) is 9.13. The molecule has 8 nitrogen and oxygen atoms in total. The van der Waals surface area contributed by atoms with Crippen molar-refractivity contribution in [1.29, 1.82) is 0 Å². The normalized spacial score (nSPS) is 11.2. The Kier molecular flexibility index (Phi) is 4.62. The Morgan fingerprint density at radius 2 is 2.04 bits per heavy atom. The molecule has 0 aliphatic carbocycles. The number of benzene rings is 1. The number of aryl methyl sites for hydroxylation is 1. The minimum Gasteiger partial charge on any atom is -0.465 e. The van der Waals surface area contributed by atoms with Crippen LogP contribution in [0.4, 0.5) is 0 Å². The highest BCUT2D eigenvalue weighted by Gasteiger charge is 2.20. The number of rotatable bonds is 4. The zero-order valence-corrected chi connectivity index (χ0v) is 16.2. The molecule has 142 valence electrons. The van der Waals surface area contributed by atoms with Crippen LogP contribution in [-0.4, -0.2) is 40.2 Å². The molecule has 0 aliphatic rings. The van der Waals surface area contributed by atoms with Gasteiger partial charge in [0, 0.05) is 18.2 Å². The number of fused-ring (bicyclic) bond motifs is 3. The van der Waals surface area contributed by atoms with Gasteiger partial charge in [-0.15, -0.1) is 16.4 Å². The molecule has 0 bridgehead atoms. The van der Waals surface area contributed by atoms with Gasteiger partial charge in [-0.25, -0.2) is 9.78 Å². The SMILES string of the molecule is COCc1cc(C)nc2sc3c(=O)n(-c4ccccc4C(=O)OC)nnc3c12. The van der Waals surface area contributed by atoms with Gasteiger partial charge in [0.05, 0.1) is 25.0 Å². The fourth-order valence-electron chi connectivity index (χ4n) is 3.13. The van der Waals surface area contributed by atoms with Gasteiger partial charge in [0.2, 0.25) is 0 Å². The molecule has 9 heteroatoms. The first-order valence-electron chi connectivity index (χ1n) is 8.40. The molecule has 1 aromatic carbocycles. The number of carbonyl (C=O) groups is 1. The van der Waals surface area contributed by atoms with Crippen LogP contribution in [0.2, 0.25) is 0 Å². The molecule has 0 unspecified atom stereocenters. The Morgan fingerprint density at radius 3 is 2.79 bits per heavy atom. The standard InChI is InChI=1S/C19H16N4O4S/c1-10-8-11(9-26-2)14-15-16(28-17(14)20-10)18(24)23(22-21-15)13-7-5-4-6-12(13)19(25)27-3/h4-8H,9H2,1-3H3. The van der Waals surface area contributed by atoms with E-state index >= 15 is 0 Å². The van der Waals surface area contributed by atoms with Crippen LogP contribution in [0.5, 0.6) is 0 Å². The molecule has 0 aliphatic heterocycles. The number of hydrogen-bond acceptors (Lipinski definition) is 8. The Balaban J connectivity index is 2.02. The van der Waals surface area contributed by atoms with Gasteiger partial charge in [-0.1, -0.05) is 17.3 Å². The van der Waals surface area contributed by atoms with Gasteiger partial charge in [-0.2, -0.15) is 4.68 Å². The van der Waals surface area contributed by atoms with E-state index in [0.717, 1.165) is 21.3 Å². The fraction of sp³-hybridized carbons (Fsp3) is 0.211. The summed E-state index contributed by atoms with van der Waals surface area (Å²) < 4.78 is 11.6. The fourth-order valence-corrected chi connectivity index (χ4v) is 4.26. The first-order chi connectivity index (χ1) is 13.5. The van der Waals surface area contributed by atoms with Gasteiger partial charge in [-0.05, 0) is 30.7 Å². The molecule has 0 saturated heterocycles. The van der Waals surface area contributed by atoms with Gasteiger partial charge >= 0.3 is 5.97 Å². The second kappa shape index (κ2) is 7.10. The molecular formula is C19H16N4O4S. The van der Waals surface area contributed by atoms with E-state index in [1.54, 1.807) is 31.4 Å². The van der Waals surface area contributed by atoms with Crippen LogP contribution in [0.1, 0.15) is 21.6 Å². The zero-order valence-electron chi connectivity index (χ0n) is 15.4. The second-order valence-electron chi connectivity index (χ2n) is 6.13. The van der Waals surface area contributed by atoms with Crippen LogP contribution >= 0.6 is 11.3 Å². The Bertz CT molecular complexity index is 1280. The number of esters is 1. The summed E-state index contributed by atoms with van der Waals surface area (Å²) >= 11 is 1.25. The number of carbonyl (C=O) groups excluding carboxylic acids is 1. The maximum Gasteiger partial charge on any atom is 0.340 e. The van der Waals surface area contributed by atoms with Crippen molar-refractivity contribution in [2.24, 2.45) is 0 Å². The van der Waals surface area contributed by atoms with Crippen molar-refractivity contribution in [2.75, 3.05) is 14.2 Å². The van der Waals surface area contributed by atoms with Crippen molar-refractivity contribution in [3.63, 3.8) is 0 Å². The van der Waals surface area contributed by atoms with Crippen molar-refractivity contribution < 1.29 is 14.3 Å². The summed E-state index contributed by atoms with van der Waals surface area (Å²) in [7, 11) is 2.90. The van der Waals surface area contributed by atoms with Crippen molar-refractivity contribution in [3.05, 3.63) is 57.5 Å². The van der Waals surface area contributed by atoms with Gasteiger partial charge in [0.15, 0.2) is 0 Å².